The fourth-order valence-electron chi connectivity index (χ4n) is 2.09. The second-order valence-corrected chi connectivity index (χ2v) is 6.31. The van der Waals surface area contributed by atoms with E-state index in [1.165, 1.54) is 23.9 Å². The molecule has 0 aliphatic rings. The van der Waals surface area contributed by atoms with Crippen molar-refractivity contribution in [2.24, 2.45) is 0 Å². The van der Waals surface area contributed by atoms with Gasteiger partial charge in [0.1, 0.15) is 0 Å². The number of carbonyl (C=O) groups excluding carboxylic acids is 1. The summed E-state index contributed by atoms with van der Waals surface area (Å²) in [6, 6.07) is 13.8. The molecule has 0 aliphatic carbocycles. The van der Waals surface area contributed by atoms with Gasteiger partial charge in [-0.2, -0.15) is 18.4 Å². The molecule has 2 aromatic rings. The number of anilines is 1. The highest BCUT2D eigenvalue weighted by atomic mass is 32.2. The monoisotopic (exact) mass is 364 g/mol. The summed E-state index contributed by atoms with van der Waals surface area (Å²) in [7, 11) is 0. The lowest BCUT2D eigenvalue weighted by Gasteiger charge is -2.11. The molecule has 1 N–H and O–H groups in total. The Bertz CT molecular complexity index is 767. The molecule has 0 radical (unpaired) electrons. The zero-order valence-corrected chi connectivity index (χ0v) is 14.0. The van der Waals surface area contributed by atoms with Gasteiger partial charge in [0.25, 0.3) is 0 Å². The van der Waals surface area contributed by atoms with E-state index in [-0.39, 0.29) is 12.3 Å². The maximum atomic E-state index is 12.5. The number of nitrogens with one attached hydrogen (secondary N) is 1. The number of rotatable bonds is 6. The summed E-state index contributed by atoms with van der Waals surface area (Å²) in [6.07, 6.45) is -4.01. The van der Waals surface area contributed by atoms with Crippen LogP contribution in [0.1, 0.15) is 17.5 Å². The van der Waals surface area contributed by atoms with Crippen LogP contribution in [0.15, 0.2) is 53.4 Å². The van der Waals surface area contributed by atoms with Crippen molar-refractivity contribution < 1.29 is 18.0 Å². The molecule has 0 atom stereocenters. The van der Waals surface area contributed by atoms with Gasteiger partial charge in [0.05, 0.1) is 23.7 Å². The molecule has 130 valence electrons. The van der Waals surface area contributed by atoms with Crippen LogP contribution in [-0.4, -0.2) is 11.7 Å². The van der Waals surface area contributed by atoms with E-state index in [0.29, 0.717) is 23.4 Å². The number of hydrogen-bond acceptors (Lipinski definition) is 3. The Morgan fingerprint density at radius 2 is 1.80 bits per heavy atom. The van der Waals surface area contributed by atoms with E-state index in [1.54, 1.807) is 12.1 Å². The van der Waals surface area contributed by atoms with Crippen LogP contribution >= 0.6 is 11.8 Å². The van der Waals surface area contributed by atoms with Crippen molar-refractivity contribution in [1.29, 1.82) is 5.26 Å². The van der Waals surface area contributed by atoms with Crippen molar-refractivity contribution in [1.82, 2.24) is 0 Å². The van der Waals surface area contributed by atoms with Crippen LogP contribution in [-0.2, 0) is 17.4 Å². The summed E-state index contributed by atoms with van der Waals surface area (Å²) in [6.45, 7) is 0. The molecule has 0 aromatic heterocycles. The van der Waals surface area contributed by atoms with Crippen LogP contribution in [0.5, 0.6) is 0 Å². The Hall–Kier alpha value is -2.46. The van der Waals surface area contributed by atoms with Gasteiger partial charge in [0.2, 0.25) is 5.91 Å². The lowest BCUT2D eigenvalue weighted by Crippen LogP contribution is -2.15. The van der Waals surface area contributed by atoms with Crippen molar-refractivity contribution in [3.8, 4) is 6.07 Å². The fourth-order valence-corrected chi connectivity index (χ4v) is 2.96. The molecular formula is C18H15F3N2OS. The number of benzene rings is 2. The van der Waals surface area contributed by atoms with Gasteiger partial charge in [0.15, 0.2) is 0 Å². The summed E-state index contributed by atoms with van der Waals surface area (Å²) in [4.78, 5) is 13.0. The van der Waals surface area contributed by atoms with E-state index in [2.05, 4.69) is 11.4 Å². The quantitative estimate of drug-likeness (QED) is 0.586. The second-order valence-electron chi connectivity index (χ2n) is 5.17. The van der Waals surface area contributed by atoms with Crippen LogP contribution in [0.2, 0.25) is 0 Å². The normalized spacial score (nSPS) is 11.0. The maximum Gasteiger partial charge on any atom is 0.416 e. The molecule has 0 saturated carbocycles. The van der Waals surface area contributed by atoms with E-state index in [0.717, 1.165) is 17.0 Å². The van der Waals surface area contributed by atoms with Gasteiger partial charge < -0.3 is 5.32 Å². The zero-order chi connectivity index (χ0) is 18.3. The minimum Gasteiger partial charge on any atom is -0.325 e. The van der Waals surface area contributed by atoms with Crippen LogP contribution in [0, 0.1) is 11.3 Å². The van der Waals surface area contributed by atoms with Crippen molar-refractivity contribution in [3.05, 3.63) is 59.7 Å². The first-order chi connectivity index (χ1) is 11.9. The molecule has 0 aliphatic heterocycles. The number of alkyl halides is 3. The van der Waals surface area contributed by atoms with Gasteiger partial charge in [-0.25, -0.2) is 0 Å². The van der Waals surface area contributed by atoms with Crippen molar-refractivity contribution in [2.45, 2.75) is 23.9 Å². The lowest BCUT2D eigenvalue weighted by molar-refractivity contribution is -0.137. The fraction of sp³-hybridized carbons (Fsp3) is 0.222. The number of amides is 1. The largest absolute Gasteiger partial charge is 0.416 e. The van der Waals surface area contributed by atoms with Gasteiger partial charge in [-0.05, 0) is 29.8 Å². The summed E-state index contributed by atoms with van der Waals surface area (Å²) >= 11 is 1.46. The van der Waals surface area contributed by atoms with Gasteiger partial charge >= 0.3 is 6.18 Å². The first-order valence-electron chi connectivity index (χ1n) is 7.45. The summed E-state index contributed by atoms with van der Waals surface area (Å²) in [5.74, 6) is 0.301. The lowest BCUT2D eigenvalue weighted by atomic mass is 10.1. The van der Waals surface area contributed by atoms with Gasteiger partial charge in [-0.15, -0.1) is 11.8 Å². The third kappa shape index (κ3) is 5.84. The number of para-hydroxylation sites is 1. The van der Waals surface area contributed by atoms with Gasteiger partial charge in [0, 0.05) is 17.1 Å². The third-order valence-electron chi connectivity index (χ3n) is 3.28. The molecule has 0 unspecified atom stereocenters. The summed E-state index contributed by atoms with van der Waals surface area (Å²) in [5, 5.41) is 11.4. The number of thioether (sulfide) groups is 1. The number of carbonyl (C=O) groups is 1. The zero-order valence-electron chi connectivity index (χ0n) is 13.1. The second kappa shape index (κ2) is 8.58. The van der Waals surface area contributed by atoms with E-state index >= 15 is 0 Å². The number of nitrogens with zero attached hydrogens (tertiary/aromatic N) is 1. The van der Waals surface area contributed by atoms with E-state index < -0.39 is 11.7 Å². The Morgan fingerprint density at radius 3 is 2.44 bits per heavy atom. The minimum absolute atomic E-state index is 0.0185. The number of hydrogen-bond donors (Lipinski definition) is 1. The van der Waals surface area contributed by atoms with Crippen LogP contribution < -0.4 is 5.32 Å². The smallest absolute Gasteiger partial charge is 0.325 e. The van der Waals surface area contributed by atoms with Crippen molar-refractivity contribution >= 4 is 23.4 Å². The molecule has 1 amide bonds. The van der Waals surface area contributed by atoms with Crippen LogP contribution in [0.3, 0.4) is 0 Å². The van der Waals surface area contributed by atoms with Crippen LogP contribution in [0.25, 0.3) is 0 Å². The highest BCUT2D eigenvalue weighted by molar-refractivity contribution is 7.99. The Labute approximate surface area is 147 Å². The number of nitriles is 1. The van der Waals surface area contributed by atoms with Gasteiger partial charge in [-0.3, -0.25) is 4.79 Å². The maximum absolute atomic E-state index is 12.5. The molecular weight excluding hydrogens is 349 g/mol. The topological polar surface area (TPSA) is 52.9 Å². The molecule has 7 heteroatoms. The summed E-state index contributed by atoms with van der Waals surface area (Å²) < 4.78 is 37.6. The van der Waals surface area contributed by atoms with Crippen molar-refractivity contribution in [2.75, 3.05) is 11.1 Å². The third-order valence-corrected chi connectivity index (χ3v) is 4.35. The SMILES string of the molecule is N#CCCSc1ccccc1NC(=O)Cc1ccc(C(F)(F)F)cc1. The predicted molar refractivity (Wildman–Crippen MR) is 91.2 cm³/mol. The highest BCUT2D eigenvalue weighted by Crippen LogP contribution is 2.29. The predicted octanol–water partition coefficient (Wildman–Crippen LogP) is 4.89. The highest BCUT2D eigenvalue weighted by Gasteiger charge is 2.29. The molecule has 2 aromatic carbocycles. The molecule has 25 heavy (non-hydrogen) atoms. The molecule has 0 fully saturated rings. The molecule has 0 spiro atoms. The van der Waals surface area contributed by atoms with Gasteiger partial charge in [-0.1, -0.05) is 24.3 Å². The molecule has 2 rings (SSSR count). The average Bonchev–Trinajstić information content (AvgIpc) is 2.56. The Balaban J connectivity index is 2.00. The van der Waals surface area contributed by atoms with E-state index in [9.17, 15) is 18.0 Å². The van der Waals surface area contributed by atoms with Crippen molar-refractivity contribution in [3.63, 3.8) is 0 Å². The van der Waals surface area contributed by atoms with Crippen LogP contribution in [0.4, 0.5) is 18.9 Å². The Kier molecular flexibility index (Phi) is 6.48. The number of halogens is 3. The average molecular weight is 364 g/mol. The Morgan fingerprint density at radius 1 is 1.12 bits per heavy atom. The standard InChI is InChI=1S/C18H15F3N2OS/c19-18(20,21)14-8-6-13(7-9-14)12-17(24)23-15-4-1-2-5-16(15)25-11-3-10-22/h1-2,4-9H,3,11-12H2,(H,23,24). The molecule has 0 saturated heterocycles. The minimum atomic E-state index is -4.39. The van der Waals surface area contributed by atoms with E-state index in [1.807, 2.05) is 12.1 Å². The van der Waals surface area contributed by atoms with E-state index in [4.69, 9.17) is 5.26 Å². The first-order valence-corrected chi connectivity index (χ1v) is 8.43. The molecule has 0 heterocycles. The first kappa shape index (κ1) is 18.9. The molecule has 3 nitrogen and oxygen atoms in total. The summed E-state index contributed by atoms with van der Waals surface area (Å²) in [5.41, 5.74) is 0.387. The molecule has 0 bridgehead atoms.